The van der Waals surface area contributed by atoms with Crippen molar-refractivity contribution in [2.24, 2.45) is 0 Å². The third-order valence-corrected chi connectivity index (χ3v) is 3.30. The van der Waals surface area contributed by atoms with Gasteiger partial charge in [-0.05, 0) is 31.2 Å². The van der Waals surface area contributed by atoms with Crippen LogP contribution in [0.5, 0.6) is 0 Å². The van der Waals surface area contributed by atoms with Crippen molar-refractivity contribution in [3.8, 4) is 0 Å². The Labute approximate surface area is 127 Å². The van der Waals surface area contributed by atoms with Gasteiger partial charge in [-0.1, -0.05) is 30.3 Å². The Morgan fingerprint density at radius 1 is 1.09 bits per heavy atom. The number of fused-ring (bicyclic) bond motifs is 1. The van der Waals surface area contributed by atoms with Gasteiger partial charge in [-0.2, -0.15) is 15.0 Å². The molecular formula is C16H16N4O2. The average Bonchev–Trinajstić information content (AvgIpc) is 2.89. The number of hydrogen-bond acceptors (Lipinski definition) is 4. The van der Waals surface area contributed by atoms with E-state index >= 15 is 0 Å². The van der Waals surface area contributed by atoms with E-state index in [2.05, 4.69) is 15.5 Å². The molecule has 0 aliphatic carbocycles. The maximum atomic E-state index is 12.2. The molecule has 0 fully saturated rings. The van der Waals surface area contributed by atoms with Gasteiger partial charge in [0.25, 0.3) is 5.91 Å². The second-order valence-corrected chi connectivity index (χ2v) is 5.31. The average molecular weight is 296 g/mol. The zero-order valence-electron chi connectivity index (χ0n) is 12.1. The molecule has 1 aromatic heterocycles. The second-order valence-electron chi connectivity index (χ2n) is 5.31. The Hall–Kier alpha value is -2.73. The fourth-order valence-corrected chi connectivity index (χ4v) is 2.11. The molecule has 0 radical (unpaired) electrons. The van der Waals surface area contributed by atoms with Gasteiger partial charge in [-0.25, -0.2) is 0 Å². The number of para-hydroxylation sites is 1. The predicted molar refractivity (Wildman–Crippen MR) is 83.2 cm³/mol. The monoisotopic (exact) mass is 296 g/mol. The highest BCUT2D eigenvalue weighted by atomic mass is 16.3. The largest absolute Gasteiger partial charge is 0.378 e. The minimum absolute atomic E-state index is 0.0274. The molecule has 2 aromatic carbocycles. The van der Waals surface area contributed by atoms with Gasteiger partial charge < -0.3 is 10.4 Å². The van der Waals surface area contributed by atoms with Crippen LogP contribution >= 0.6 is 0 Å². The molecular weight excluding hydrogens is 280 g/mol. The highest BCUT2D eigenvalue weighted by molar-refractivity contribution is 5.96. The lowest BCUT2D eigenvalue weighted by molar-refractivity contribution is -0.134. The summed E-state index contributed by atoms with van der Waals surface area (Å²) in [6.07, 6.45) is 0. The molecule has 0 aliphatic heterocycles. The first-order chi connectivity index (χ1) is 10.5. The Morgan fingerprint density at radius 2 is 1.64 bits per heavy atom. The number of anilines is 1. The summed E-state index contributed by atoms with van der Waals surface area (Å²) < 4.78 is 0. The molecule has 2 N–H and O–H groups in total. The summed E-state index contributed by atoms with van der Waals surface area (Å²) in [5.41, 5.74) is 0.458. The Balaban J connectivity index is 1.76. The minimum Gasteiger partial charge on any atom is -0.378 e. The quantitative estimate of drug-likeness (QED) is 0.769. The molecule has 0 bridgehead atoms. The number of carbonyl (C=O) groups excluding carboxylic acids is 1. The van der Waals surface area contributed by atoms with Gasteiger partial charge in [0.15, 0.2) is 5.60 Å². The molecule has 1 heterocycles. The zero-order chi connectivity index (χ0) is 15.6. The minimum atomic E-state index is -1.62. The van der Waals surface area contributed by atoms with Gasteiger partial charge in [0.2, 0.25) is 0 Å². The number of amides is 1. The number of carbonyl (C=O) groups is 1. The molecule has 6 heteroatoms. The third kappa shape index (κ3) is 2.96. The van der Waals surface area contributed by atoms with Crippen molar-refractivity contribution in [2.45, 2.75) is 19.1 Å². The number of aliphatic hydroxyl groups is 1. The lowest BCUT2D eigenvalue weighted by Crippen LogP contribution is -2.44. The van der Waals surface area contributed by atoms with Crippen LogP contribution in [0.1, 0.15) is 6.92 Å². The van der Waals surface area contributed by atoms with E-state index in [9.17, 15) is 9.90 Å². The first kappa shape index (κ1) is 14.2. The number of hydrogen-bond donors (Lipinski definition) is 2. The van der Waals surface area contributed by atoms with Crippen molar-refractivity contribution in [2.75, 3.05) is 5.32 Å². The van der Waals surface area contributed by atoms with Gasteiger partial charge in [0.1, 0.15) is 11.0 Å². The van der Waals surface area contributed by atoms with Gasteiger partial charge >= 0.3 is 0 Å². The van der Waals surface area contributed by atoms with Crippen LogP contribution in [0.2, 0.25) is 0 Å². The molecule has 1 atom stereocenters. The predicted octanol–water partition coefficient (Wildman–Crippen LogP) is 1.82. The van der Waals surface area contributed by atoms with Crippen molar-refractivity contribution < 1.29 is 9.90 Å². The maximum Gasteiger partial charge on any atom is 0.258 e. The van der Waals surface area contributed by atoms with Crippen LogP contribution < -0.4 is 5.32 Å². The molecule has 22 heavy (non-hydrogen) atoms. The van der Waals surface area contributed by atoms with Crippen molar-refractivity contribution in [3.05, 3.63) is 54.6 Å². The second kappa shape index (κ2) is 5.57. The van der Waals surface area contributed by atoms with Crippen molar-refractivity contribution in [1.29, 1.82) is 0 Å². The van der Waals surface area contributed by atoms with Crippen LogP contribution in [-0.4, -0.2) is 31.6 Å². The molecule has 3 rings (SSSR count). The topological polar surface area (TPSA) is 80.0 Å². The van der Waals surface area contributed by atoms with E-state index in [4.69, 9.17) is 0 Å². The van der Waals surface area contributed by atoms with E-state index in [0.29, 0.717) is 5.69 Å². The highest BCUT2D eigenvalue weighted by Crippen LogP contribution is 2.14. The van der Waals surface area contributed by atoms with E-state index in [1.807, 2.05) is 42.5 Å². The van der Waals surface area contributed by atoms with E-state index in [1.54, 1.807) is 12.1 Å². The Kier molecular flexibility index (Phi) is 3.60. The summed E-state index contributed by atoms with van der Waals surface area (Å²) in [6.45, 7) is 1.42. The number of nitrogens with one attached hydrogen (secondary N) is 1. The molecule has 3 aromatic rings. The number of nitrogens with zero attached hydrogens (tertiary/aromatic N) is 3. The van der Waals surface area contributed by atoms with Crippen LogP contribution in [0, 0.1) is 0 Å². The lowest BCUT2D eigenvalue weighted by Gasteiger charge is -2.21. The number of aromatic nitrogens is 3. The fraction of sp³-hybridized carbons (Fsp3) is 0.188. The van der Waals surface area contributed by atoms with Crippen LogP contribution in [-0.2, 0) is 11.3 Å². The Bertz CT molecular complexity index is 763. The molecule has 0 saturated carbocycles. The molecule has 0 aliphatic rings. The molecule has 0 spiro atoms. The summed E-state index contributed by atoms with van der Waals surface area (Å²) in [5, 5.41) is 21.6. The van der Waals surface area contributed by atoms with Crippen molar-refractivity contribution >= 4 is 22.6 Å². The van der Waals surface area contributed by atoms with E-state index in [-0.39, 0.29) is 6.54 Å². The van der Waals surface area contributed by atoms with E-state index < -0.39 is 11.5 Å². The lowest BCUT2D eigenvalue weighted by atomic mass is 10.1. The summed E-state index contributed by atoms with van der Waals surface area (Å²) in [7, 11) is 0. The highest BCUT2D eigenvalue weighted by Gasteiger charge is 2.32. The SMILES string of the molecule is CC(O)(Cn1nc2ccccc2n1)C(=O)Nc1ccccc1. The summed E-state index contributed by atoms with van der Waals surface area (Å²) in [6, 6.07) is 16.4. The molecule has 1 unspecified atom stereocenters. The molecule has 6 nitrogen and oxygen atoms in total. The first-order valence-electron chi connectivity index (χ1n) is 6.93. The van der Waals surface area contributed by atoms with Crippen LogP contribution in [0.4, 0.5) is 5.69 Å². The van der Waals surface area contributed by atoms with Gasteiger partial charge in [0, 0.05) is 5.69 Å². The summed E-state index contributed by atoms with van der Waals surface area (Å²) in [4.78, 5) is 13.6. The van der Waals surface area contributed by atoms with Crippen LogP contribution in [0.3, 0.4) is 0 Å². The van der Waals surface area contributed by atoms with Gasteiger partial charge in [0.05, 0.1) is 6.54 Å². The zero-order valence-corrected chi connectivity index (χ0v) is 12.1. The molecule has 0 saturated heterocycles. The maximum absolute atomic E-state index is 12.2. The number of benzene rings is 2. The fourth-order valence-electron chi connectivity index (χ4n) is 2.11. The summed E-state index contributed by atoms with van der Waals surface area (Å²) >= 11 is 0. The summed E-state index contributed by atoms with van der Waals surface area (Å²) in [5.74, 6) is -0.500. The van der Waals surface area contributed by atoms with E-state index in [0.717, 1.165) is 11.0 Å². The smallest absolute Gasteiger partial charge is 0.258 e. The van der Waals surface area contributed by atoms with Crippen molar-refractivity contribution in [3.63, 3.8) is 0 Å². The standard InChI is InChI=1S/C16H16N4O2/c1-16(22,15(21)17-12-7-3-2-4-8-12)11-20-18-13-9-5-6-10-14(13)19-20/h2-10,22H,11H2,1H3,(H,17,21). The van der Waals surface area contributed by atoms with Crippen LogP contribution in [0.25, 0.3) is 11.0 Å². The van der Waals surface area contributed by atoms with Gasteiger partial charge in [-0.15, -0.1) is 0 Å². The molecule has 112 valence electrons. The third-order valence-electron chi connectivity index (χ3n) is 3.30. The van der Waals surface area contributed by atoms with Crippen LogP contribution in [0.15, 0.2) is 54.6 Å². The first-order valence-corrected chi connectivity index (χ1v) is 6.93. The molecule has 1 amide bonds. The van der Waals surface area contributed by atoms with Crippen molar-refractivity contribution in [1.82, 2.24) is 15.0 Å². The van der Waals surface area contributed by atoms with E-state index in [1.165, 1.54) is 11.7 Å². The number of rotatable bonds is 4. The Morgan fingerprint density at radius 3 is 2.23 bits per heavy atom. The van der Waals surface area contributed by atoms with Gasteiger partial charge in [-0.3, -0.25) is 4.79 Å². The normalized spacial score (nSPS) is 13.7.